The molecule has 4 aromatic rings. The molecular weight excluding hydrogens is 661 g/mol. The van der Waals surface area contributed by atoms with Crippen molar-refractivity contribution in [3.63, 3.8) is 0 Å². The summed E-state index contributed by atoms with van der Waals surface area (Å²) in [4.78, 5) is 30.7. The number of carbonyl (C=O) groups is 2. The summed E-state index contributed by atoms with van der Waals surface area (Å²) in [6.07, 6.45) is 2.10. The molecule has 242 valence electrons. The van der Waals surface area contributed by atoms with E-state index in [2.05, 4.69) is 5.32 Å². The molecule has 11 heteroatoms. The van der Waals surface area contributed by atoms with E-state index in [1.165, 1.54) is 28.8 Å². The number of halogens is 2. The summed E-state index contributed by atoms with van der Waals surface area (Å²) in [5.74, 6) is -0.939. The zero-order valence-corrected chi connectivity index (χ0v) is 29.3. The zero-order valence-electron chi connectivity index (χ0n) is 26.1. The molecule has 0 aliphatic carbocycles. The van der Waals surface area contributed by atoms with Gasteiger partial charge in [0.2, 0.25) is 11.8 Å². The minimum Gasteiger partial charge on any atom is -0.352 e. The van der Waals surface area contributed by atoms with E-state index in [9.17, 15) is 18.0 Å². The van der Waals surface area contributed by atoms with Crippen molar-refractivity contribution in [2.75, 3.05) is 17.1 Å². The Bertz CT molecular complexity index is 1750. The van der Waals surface area contributed by atoms with Gasteiger partial charge in [0, 0.05) is 33.9 Å². The smallest absolute Gasteiger partial charge is 0.264 e. The summed E-state index contributed by atoms with van der Waals surface area (Å²) in [6.45, 7) is 4.97. The highest BCUT2D eigenvalue weighted by Gasteiger charge is 2.35. The molecule has 7 nitrogen and oxygen atoms in total. The largest absolute Gasteiger partial charge is 0.352 e. The van der Waals surface area contributed by atoms with Crippen LogP contribution in [0.2, 0.25) is 10.0 Å². The molecule has 0 spiro atoms. The van der Waals surface area contributed by atoms with Gasteiger partial charge in [-0.3, -0.25) is 13.9 Å². The number of amides is 2. The van der Waals surface area contributed by atoms with E-state index in [0.717, 1.165) is 20.3 Å². The normalized spacial score (nSPS) is 12.1. The molecular formula is C35H37Cl2N3O4S2. The van der Waals surface area contributed by atoms with E-state index in [1.54, 1.807) is 54.6 Å². The van der Waals surface area contributed by atoms with E-state index in [4.69, 9.17) is 23.2 Å². The van der Waals surface area contributed by atoms with E-state index in [-0.39, 0.29) is 29.8 Å². The van der Waals surface area contributed by atoms with Crippen molar-refractivity contribution in [2.24, 2.45) is 0 Å². The van der Waals surface area contributed by atoms with Gasteiger partial charge in [-0.05, 0) is 86.7 Å². The minimum atomic E-state index is -4.20. The fraction of sp³-hybridized carbons (Fsp3) is 0.257. The van der Waals surface area contributed by atoms with Gasteiger partial charge in [-0.25, -0.2) is 8.42 Å². The molecule has 46 heavy (non-hydrogen) atoms. The number of carbonyl (C=O) groups excluding carboxylic acids is 2. The fourth-order valence-corrected chi connectivity index (χ4v) is 7.17. The number of anilines is 1. The molecule has 1 N–H and O–H groups in total. The Balaban J connectivity index is 1.82. The van der Waals surface area contributed by atoms with Crippen molar-refractivity contribution in [3.8, 4) is 0 Å². The lowest BCUT2D eigenvalue weighted by molar-refractivity contribution is -0.140. The van der Waals surface area contributed by atoms with Crippen LogP contribution in [-0.2, 0) is 32.6 Å². The van der Waals surface area contributed by atoms with E-state index >= 15 is 0 Å². The number of sulfonamides is 1. The van der Waals surface area contributed by atoms with E-state index < -0.39 is 28.5 Å². The molecule has 0 bridgehead atoms. The Morgan fingerprint density at radius 3 is 2.13 bits per heavy atom. The summed E-state index contributed by atoms with van der Waals surface area (Å²) in [5, 5.41) is 3.69. The molecule has 1 atom stereocenters. The molecule has 4 aromatic carbocycles. The first kappa shape index (κ1) is 35.4. The van der Waals surface area contributed by atoms with Crippen molar-refractivity contribution in [1.29, 1.82) is 0 Å². The first-order valence-electron chi connectivity index (χ1n) is 14.7. The fourth-order valence-electron chi connectivity index (χ4n) is 4.88. The third-order valence-corrected chi connectivity index (χ3v) is 10.4. The number of benzene rings is 4. The van der Waals surface area contributed by atoms with Crippen molar-refractivity contribution in [1.82, 2.24) is 10.2 Å². The van der Waals surface area contributed by atoms with Crippen LogP contribution in [0.25, 0.3) is 0 Å². The molecule has 0 saturated heterocycles. The van der Waals surface area contributed by atoms with Crippen LogP contribution in [-0.4, -0.2) is 50.0 Å². The second kappa shape index (κ2) is 15.9. The Morgan fingerprint density at radius 1 is 0.891 bits per heavy atom. The topological polar surface area (TPSA) is 86.8 Å². The quantitative estimate of drug-likeness (QED) is 0.147. The zero-order chi connectivity index (χ0) is 33.4. The number of hydrogen-bond acceptors (Lipinski definition) is 5. The van der Waals surface area contributed by atoms with Crippen LogP contribution in [0.3, 0.4) is 0 Å². The highest BCUT2D eigenvalue weighted by atomic mass is 35.5. The van der Waals surface area contributed by atoms with Crippen LogP contribution in [0, 0.1) is 6.92 Å². The number of nitrogens with zero attached hydrogens (tertiary/aromatic N) is 2. The molecule has 0 radical (unpaired) electrons. The van der Waals surface area contributed by atoms with Crippen LogP contribution >= 0.6 is 35.0 Å². The van der Waals surface area contributed by atoms with Gasteiger partial charge >= 0.3 is 0 Å². The third-order valence-electron chi connectivity index (χ3n) is 7.31. The molecule has 0 unspecified atom stereocenters. The molecule has 0 heterocycles. The maximum absolute atomic E-state index is 14.5. The van der Waals surface area contributed by atoms with Gasteiger partial charge in [0.05, 0.1) is 10.6 Å². The second-order valence-electron chi connectivity index (χ2n) is 11.1. The lowest BCUT2D eigenvalue weighted by atomic mass is 10.0. The Kier molecular flexibility index (Phi) is 12.2. The molecule has 0 aliphatic rings. The lowest BCUT2D eigenvalue weighted by Gasteiger charge is -2.34. The standard InChI is InChI=1S/C35H37Cl2N3O4S2/c1-24(2)38-35(42)33(20-26-8-6-5-7-9-26)39(22-27-12-13-28(36)21-32(27)37)34(41)23-40(29-14-10-25(3)11-15-29)46(43,44)31-18-16-30(45-4)17-19-31/h5-19,21,24,33H,20,22-23H2,1-4H3,(H,38,42)/t33-/m1/s1. The lowest BCUT2D eigenvalue weighted by Crippen LogP contribution is -2.54. The highest BCUT2D eigenvalue weighted by Crippen LogP contribution is 2.28. The Hall–Kier alpha value is -3.50. The van der Waals surface area contributed by atoms with Crippen LogP contribution in [0.1, 0.15) is 30.5 Å². The number of thioether (sulfide) groups is 1. The van der Waals surface area contributed by atoms with Crippen LogP contribution < -0.4 is 9.62 Å². The first-order valence-corrected chi connectivity index (χ1v) is 18.1. The average Bonchev–Trinajstić information content (AvgIpc) is 3.03. The van der Waals surface area contributed by atoms with E-state index in [1.807, 2.05) is 57.4 Å². The van der Waals surface area contributed by atoms with Gasteiger partial charge in [0.1, 0.15) is 12.6 Å². The molecule has 0 fully saturated rings. The van der Waals surface area contributed by atoms with Crippen LogP contribution in [0.15, 0.2) is 107 Å². The van der Waals surface area contributed by atoms with Crippen LogP contribution in [0.5, 0.6) is 0 Å². The van der Waals surface area contributed by atoms with Crippen molar-refractivity contribution in [2.45, 2.75) is 55.6 Å². The number of nitrogens with one attached hydrogen (secondary N) is 1. The van der Waals surface area contributed by atoms with Gasteiger partial charge in [-0.2, -0.15) is 0 Å². The van der Waals surface area contributed by atoms with Gasteiger partial charge in [0.25, 0.3) is 10.0 Å². The summed E-state index contributed by atoms with van der Waals surface area (Å²) in [5.41, 5.74) is 2.66. The predicted molar refractivity (Wildman–Crippen MR) is 188 cm³/mol. The summed E-state index contributed by atoms with van der Waals surface area (Å²) >= 11 is 14.2. The van der Waals surface area contributed by atoms with Gasteiger partial charge in [-0.1, -0.05) is 77.3 Å². The molecule has 0 aromatic heterocycles. The second-order valence-corrected chi connectivity index (χ2v) is 14.7. The van der Waals surface area contributed by atoms with Crippen LogP contribution in [0.4, 0.5) is 5.69 Å². The predicted octanol–water partition coefficient (Wildman–Crippen LogP) is 7.38. The molecule has 2 amide bonds. The molecule has 0 saturated carbocycles. The number of hydrogen-bond donors (Lipinski definition) is 1. The van der Waals surface area contributed by atoms with Crippen molar-refractivity contribution in [3.05, 3.63) is 124 Å². The Morgan fingerprint density at radius 2 is 1.54 bits per heavy atom. The first-order chi connectivity index (χ1) is 21.9. The third kappa shape index (κ3) is 9.06. The summed E-state index contributed by atoms with van der Waals surface area (Å²) < 4.78 is 29.5. The maximum atomic E-state index is 14.5. The SMILES string of the molecule is CSc1ccc(S(=O)(=O)N(CC(=O)N(Cc2ccc(Cl)cc2Cl)[C@H](Cc2ccccc2)C(=O)NC(C)C)c2ccc(C)cc2)cc1. The monoisotopic (exact) mass is 697 g/mol. The Labute approximate surface area is 286 Å². The van der Waals surface area contributed by atoms with Gasteiger partial charge in [-0.15, -0.1) is 11.8 Å². The van der Waals surface area contributed by atoms with E-state index in [0.29, 0.717) is 21.3 Å². The average molecular weight is 699 g/mol. The highest BCUT2D eigenvalue weighted by molar-refractivity contribution is 7.98. The van der Waals surface area contributed by atoms with Gasteiger partial charge < -0.3 is 10.2 Å². The minimum absolute atomic E-state index is 0.0457. The number of rotatable bonds is 13. The molecule has 0 aliphatic heterocycles. The van der Waals surface area contributed by atoms with Crippen molar-refractivity contribution < 1.29 is 18.0 Å². The summed E-state index contributed by atoms with van der Waals surface area (Å²) in [6, 6.07) is 26.6. The maximum Gasteiger partial charge on any atom is 0.264 e. The van der Waals surface area contributed by atoms with Crippen molar-refractivity contribution >= 4 is 62.5 Å². The van der Waals surface area contributed by atoms with Gasteiger partial charge in [0.15, 0.2) is 0 Å². The number of aryl methyl sites for hydroxylation is 1. The summed E-state index contributed by atoms with van der Waals surface area (Å²) in [7, 11) is -4.20. The molecule has 4 rings (SSSR count).